The first-order chi connectivity index (χ1) is 23.7. The molecule has 2 aromatic rings. The van der Waals surface area contributed by atoms with Gasteiger partial charge in [-0.1, -0.05) is 44.5 Å². The van der Waals surface area contributed by atoms with Crippen LogP contribution in [0.2, 0.25) is 0 Å². The molecule has 0 atom stereocenters. The number of hydrogen-bond donors (Lipinski definition) is 0. The van der Waals surface area contributed by atoms with Crippen molar-refractivity contribution in [1.29, 1.82) is 0 Å². The van der Waals surface area contributed by atoms with E-state index < -0.39 is 35.7 Å². The zero-order valence-electron chi connectivity index (χ0n) is 29.0. The maximum absolute atomic E-state index is 12.8. The fourth-order valence-electron chi connectivity index (χ4n) is 3.64. The Kier molecular flexibility index (Phi) is 16.7. The summed E-state index contributed by atoms with van der Waals surface area (Å²) in [7, 11) is 0. The first-order valence-corrected chi connectivity index (χ1v) is 15.6. The van der Waals surface area contributed by atoms with E-state index in [2.05, 4.69) is 26.3 Å². The zero-order chi connectivity index (χ0) is 37.2. The van der Waals surface area contributed by atoms with Gasteiger partial charge in [0.25, 0.3) is 0 Å². The lowest BCUT2D eigenvalue weighted by molar-refractivity contribution is -0.146. The Morgan fingerprint density at radius 2 is 0.840 bits per heavy atom. The van der Waals surface area contributed by atoms with Gasteiger partial charge in [0.15, 0.2) is 5.78 Å². The quantitative estimate of drug-likeness (QED) is 0.0655. The van der Waals surface area contributed by atoms with E-state index >= 15 is 0 Å². The number of ether oxygens (including phenoxy) is 6. The third-order valence-electron chi connectivity index (χ3n) is 6.61. The molecule has 0 N–H and O–H groups in total. The molecule has 0 amide bonds. The second-order valence-electron chi connectivity index (χ2n) is 11.7. The molecule has 11 heteroatoms. The molecule has 0 aliphatic heterocycles. The van der Waals surface area contributed by atoms with Crippen molar-refractivity contribution in [2.45, 2.75) is 27.7 Å². The Hall–Kier alpha value is -5.71. The summed E-state index contributed by atoms with van der Waals surface area (Å²) in [5, 5.41) is 0. The largest absolute Gasteiger partial charge is 0.493 e. The average Bonchev–Trinajstić information content (AvgIpc) is 3.09. The molecular formula is C39H44O11. The number of rotatable bonds is 21. The fourth-order valence-corrected chi connectivity index (χ4v) is 3.64. The van der Waals surface area contributed by atoms with Crippen LogP contribution in [0.3, 0.4) is 0 Å². The Morgan fingerprint density at radius 3 is 1.16 bits per heavy atom. The predicted molar refractivity (Wildman–Crippen MR) is 187 cm³/mol. The number of ketones is 1. The summed E-state index contributed by atoms with van der Waals surface area (Å²) < 4.78 is 32.5. The Bertz CT molecular complexity index is 1540. The molecule has 0 aliphatic carbocycles. The van der Waals surface area contributed by atoms with Gasteiger partial charge in [0, 0.05) is 27.9 Å². The lowest BCUT2D eigenvalue weighted by Gasteiger charge is -2.18. The van der Waals surface area contributed by atoms with E-state index in [0.29, 0.717) is 17.1 Å². The van der Waals surface area contributed by atoms with E-state index in [0.717, 1.165) is 5.56 Å². The van der Waals surface area contributed by atoms with Crippen LogP contribution in [0, 0.1) is 11.8 Å². The molecule has 2 aromatic carbocycles. The highest BCUT2D eigenvalue weighted by Crippen LogP contribution is 2.18. The summed E-state index contributed by atoms with van der Waals surface area (Å²) in [6, 6.07) is 13.5. The summed E-state index contributed by atoms with van der Waals surface area (Å²) in [6.45, 7) is 20.3. The molecule has 0 fully saturated rings. The van der Waals surface area contributed by atoms with Crippen molar-refractivity contribution in [3.8, 4) is 11.5 Å². The Morgan fingerprint density at radius 1 is 0.520 bits per heavy atom. The summed E-state index contributed by atoms with van der Waals surface area (Å²) in [5.41, 5.74) is 2.16. The Balaban J connectivity index is 1.94. The summed E-state index contributed by atoms with van der Waals surface area (Å²) in [6.07, 6.45) is 3.10. The lowest BCUT2D eigenvalue weighted by atomic mass is 10.1. The minimum absolute atomic E-state index is 0.0361. The van der Waals surface area contributed by atoms with Gasteiger partial charge in [0.2, 0.25) is 0 Å². The molecule has 0 unspecified atom stereocenters. The number of esters is 4. The summed E-state index contributed by atoms with van der Waals surface area (Å²) in [4.78, 5) is 60.1. The second kappa shape index (κ2) is 20.6. The number of hydrogen-bond acceptors (Lipinski definition) is 11. The van der Waals surface area contributed by atoms with E-state index in [1.165, 1.54) is 33.8 Å². The van der Waals surface area contributed by atoms with Crippen molar-refractivity contribution in [3.05, 3.63) is 114 Å². The number of benzene rings is 2. The third kappa shape index (κ3) is 15.0. The predicted octanol–water partition coefficient (Wildman–Crippen LogP) is 6.05. The molecule has 50 heavy (non-hydrogen) atoms. The molecule has 0 aromatic heterocycles. The van der Waals surface area contributed by atoms with E-state index in [4.69, 9.17) is 28.4 Å². The van der Waals surface area contributed by atoms with Crippen molar-refractivity contribution in [2.24, 2.45) is 11.8 Å². The number of carbonyl (C=O) groups is 5. The van der Waals surface area contributed by atoms with E-state index in [1.807, 2.05) is 0 Å². The van der Waals surface area contributed by atoms with Crippen LogP contribution < -0.4 is 9.47 Å². The maximum Gasteiger partial charge on any atom is 0.333 e. The smallest absolute Gasteiger partial charge is 0.333 e. The van der Waals surface area contributed by atoms with Gasteiger partial charge in [0.1, 0.15) is 37.9 Å². The molecule has 0 saturated heterocycles. The molecular weight excluding hydrogens is 644 g/mol. The van der Waals surface area contributed by atoms with Crippen LogP contribution in [0.5, 0.6) is 11.5 Å². The minimum Gasteiger partial charge on any atom is -0.493 e. The molecule has 0 radical (unpaired) electrons. The van der Waals surface area contributed by atoms with Crippen molar-refractivity contribution in [1.82, 2.24) is 0 Å². The van der Waals surface area contributed by atoms with Crippen LogP contribution in [-0.4, -0.2) is 69.3 Å². The van der Waals surface area contributed by atoms with E-state index in [-0.39, 0.29) is 67.7 Å². The van der Waals surface area contributed by atoms with Gasteiger partial charge in [-0.3, -0.25) is 4.79 Å². The van der Waals surface area contributed by atoms with Gasteiger partial charge in [-0.25, -0.2) is 19.2 Å². The summed E-state index contributed by atoms with van der Waals surface area (Å²) in [5.74, 6) is -2.37. The molecule has 2 rings (SSSR count). The molecule has 0 spiro atoms. The van der Waals surface area contributed by atoms with Gasteiger partial charge >= 0.3 is 23.9 Å². The number of carbonyl (C=O) groups excluding carboxylic acids is 5. The van der Waals surface area contributed by atoms with Crippen molar-refractivity contribution in [3.63, 3.8) is 0 Å². The average molecular weight is 689 g/mol. The SMILES string of the molecule is C=C(C)C(=O)OCC(COC(=O)C(=C)C)COc1ccc(/C=C/C(=O)c2ccc(OCC(COC(=O)C(=C)C)COC(=O)C(=C)C)cc2)cc1. The highest BCUT2D eigenvalue weighted by molar-refractivity contribution is 6.06. The molecule has 0 saturated carbocycles. The standard InChI is InChI=1S/C39H44O11/c1-25(2)36(41)47-21-30(22-48-37(42)26(3)4)19-45-33-14-9-29(10-15-33)11-18-35(40)32-12-16-34(17-13-32)46-20-31(23-49-38(43)27(5)6)24-50-39(44)28(7)8/h9-18,30-31H,1,3,5,7,19-24H2,2,4,6,8H3/b18-11+. The molecule has 11 nitrogen and oxygen atoms in total. The lowest BCUT2D eigenvalue weighted by Crippen LogP contribution is -2.26. The zero-order valence-corrected chi connectivity index (χ0v) is 29.0. The first kappa shape index (κ1) is 40.5. The van der Waals surface area contributed by atoms with Gasteiger partial charge in [-0.05, 0) is 75.7 Å². The molecule has 0 bridgehead atoms. The second-order valence-corrected chi connectivity index (χ2v) is 11.7. The van der Waals surface area contributed by atoms with Crippen LogP contribution >= 0.6 is 0 Å². The number of allylic oxidation sites excluding steroid dienone is 1. The van der Waals surface area contributed by atoms with E-state index in [1.54, 1.807) is 54.6 Å². The fraction of sp³-hybridized carbons (Fsp3) is 0.308. The van der Waals surface area contributed by atoms with Crippen LogP contribution in [0.1, 0.15) is 43.6 Å². The van der Waals surface area contributed by atoms with Crippen LogP contribution in [0.15, 0.2) is 103 Å². The third-order valence-corrected chi connectivity index (χ3v) is 6.61. The van der Waals surface area contributed by atoms with Crippen molar-refractivity contribution >= 4 is 35.7 Å². The van der Waals surface area contributed by atoms with Gasteiger partial charge in [0.05, 0.1) is 25.0 Å². The monoisotopic (exact) mass is 688 g/mol. The normalized spacial score (nSPS) is 10.7. The molecule has 266 valence electrons. The highest BCUT2D eigenvalue weighted by atomic mass is 16.6. The van der Waals surface area contributed by atoms with Crippen LogP contribution in [-0.2, 0) is 38.1 Å². The molecule has 0 aliphatic rings. The Labute approximate surface area is 292 Å². The molecule has 0 heterocycles. The van der Waals surface area contributed by atoms with Crippen LogP contribution in [0.4, 0.5) is 0 Å². The van der Waals surface area contributed by atoms with Crippen LogP contribution in [0.25, 0.3) is 6.08 Å². The van der Waals surface area contributed by atoms with Gasteiger partial charge in [-0.2, -0.15) is 0 Å². The first-order valence-electron chi connectivity index (χ1n) is 15.6. The summed E-state index contributed by atoms with van der Waals surface area (Å²) >= 11 is 0. The highest BCUT2D eigenvalue weighted by Gasteiger charge is 2.18. The maximum atomic E-state index is 12.8. The van der Waals surface area contributed by atoms with Gasteiger partial charge < -0.3 is 28.4 Å². The topological polar surface area (TPSA) is 141 Å². The van der Waals surface area contributed by atoms with E-state index in [9.17, 15) is 24.0 Å². The van der Waals surface area contributed by atoms with Crippen molar-refractivity contribution in [2.75, 3.05) is 39.6 Å². The van der Waals surface area contributed by atoms with Gasteiger partial charge in [-0.15, -0.1) is 0 Å². The minimum atomic E-state index is -0.564. The van der Waals surface area contributed by atoms with Crippen molar-refractivity contribution < 1.29 is 52.4 Å².